The second kappa shape index (κ2) is 4.71. The van der Waals surface area contributed by atoms with Crippen molar-refractivity contribution in [3.8, 4) is 5.75 Å². The summed E-state index contributed by atoms with van der Waals surface area (Å²) in [6.45, 7) is 0. The number of nitrogens with zero attached hydrogens (tertiary/aromatic N) is 1. The molecule has 0 saturated heterocycles. The van der Waals surface area contributed by atoms with Crippen LogP contribution in [-0.4, -0.2) is 4.98 Å². The molecule has 0 aliphatic carbocycles. The maximum absolute atomic E-state index is 6.21. The summed E-state index contributed by atoms with van der Waals surface area (Å²) in [4.78, 5) is 4.13. The molecule has 1 aliphatic rings. The topological polar surface area (TPSA) is 48.1 Å². The summed E-state index contributed by atoms with van der Waals surface area (Å²) >= 11 is 3.45. The summed E-state index contributed by atoms with van der Waals surface area (Å²) in [5.74, 6) is 0.858. The van der Waals surface area contributed by atoms with Crippen molar-refractivity contribution in [2.45, 2.75) is 18.6 Å². The molecule has 1 aliphatic heterocycles. The van der Waals surface area contributed by atoms with Gasteiger partial charge in [-0.05, 0) is 18.2 Å². The lowest BCUT2D eigenvalue weighted by Gasteiger charge is -2.30. The summed E-state index contributed by atoms with van der Waals surface area (Å²) in [5.41, 5.74) is 8.34. The Balaban J connectivity index is 1.96. The fraction of sp³-hybridized carbons (Fsp3) is 0.214. The first-order chi connectivity index (χ1) is 8.74. The molecular weight excluding hydrogens is 292 g/mol. The third-order valence-electron chi connectivity index (χ3n) is 3.17. The highest BCUT2D eigenvalue weighted by atomic mass is 79.9. The van der Waals surface area contributed by atoms with Gasteiger partial charge in [-0.2, -0.15) is 0 Å². The van der Waals surface area contributed by atoms with Gasteiger partial charge in [0.25, 0.3) is 0 Å². The Bertz CT molecular complexity index is 559. The second-order valence-electron chi connectivity index (χ2n) is 4.42. The van der Waals surface area contributed by atoms with E-state index in [1.54, 1.807) is 6.20 Å². The zero-order chi connectivity index (χ0) is 12.5. The smallest absolute Gasteiger partial charge is 0.127 e. The molecule has 1 aromatic carbocycles. The molecule has 0 spiro atoms. The Labute approximate surface area is 114 Å². The molecule has 0 radical (unpaired) electrons. The average molecular weight is 305 g/mol. The number of pyridine rings is 1. The number of nitrogens with two attached hydrogens (primary N) is 1. The maximum atomic E-state index is 6.21. The molecule has 92 valence electrons. The first-order valence-corrected chi connectivity index (χ1v) is 6.65. The molecule has 2 heterocycles. The van der Waals surface area contributed by atoms with Crippen LogP contribution in [0.15, 0.2) is 47.2 Å². The van der Waals surface area contributed by atoms with Gasteiger partial charge in [0.2, 0.25) is 0 Å². The molecule has 2 N–H and O–H groups in total. The second-order valence-corrected chi connectivity index (χ2v) is 5.33. The van der Waals surface area contributed by atoms with Crippen LogP contribution in [0.2, 0.25) is 0 Å². The molecular formula is C14H13BrN2O. The van der Waals surface area contributed by atoms with Gasteiger partial charge in [0.15, 0.2) is 0 Å². The van der Waals surface area contributed by atoms with E-state index in [4.69, 9.17) is 10.5 Å². The normalized spacial score (nSPS) is 22.1. The van der Waals surface area contributed by atoms with Gasteiger partial charge in [0.1, 0.15) is 11.9 Å². The molecule has 0 bridgehead atoms. The van der Waals surface area contributed by atoms with Crippen LogP contribution >= 0.6 is 15.9 Å². The first-order valence-electron chi connectivity index (χ1n) is 5.85. The van der Waals surface area contributed by atoms with E-state index in [0.29, 0.717) is 0 Å². The number of hydrogen-bond acceptors (Lipinski definition) is 3. The van der Waals surface area contributed by atoms with E-state index >= 15 is 0 Å². The van der Waals surface area contributed by atoms with Crippen molar-refractivity contribution < 1.29 is 4.74 Å². The fourth-order valence-electron chi connectivity index (χ4n) is 2.25. The van der Waals surface area contributed by atoms with E-state index in [-0.39, 0.29) is 12.1 Å². The number of hydrogen-bond donors (Lipinski definition) is 1. The summed E-state index contributed by atoms with van der Waals surface area (Å²) in [7, 11) is 0. The summed E-state index contributed by atoms with van der Waals surface area (Å²) < 4.78 is 7.02. The SMILES string of the molecule is N[C@H]1CC(c2cccnc2)Oc2cc(Br)ccc21. The van der Waals surface area contributed by atoms with E-state index < -0.39 is 0 Å². The Morgan fingerprint density at radius 3 is 3.00 bits per heavy atom. The summed E-state index contributed by atoms with van der Waals surface area (Å²) in [6, 6.07) is 9.92. The van der Waals surface area contributed by atoms with E-state index in [1.165, 1.54) is 0 Å². The van der Waals surface area contributed by atoms with E-state index in [0.717, 1.165) is 27.8 Å². The fourth-order valence-corrected chi connectivity index (χ4v) is 2.59. The van der Waals surface area contributed by atoms with Gasteiger partial charge in [-0.25, -0.2) is 0 Å². The molecule has 2 aromatic rings. The number of fused-ring (bicyclic) bond motifs is 1. The monoisotopic (exact) mass is 304 g/mol. The molecule has 1 aromatic heterocycles. The molecule has 18 heavy (non-hydrogen) atoms. The number of rotatable bonds is 1. The summed E-state index contributed by atoms with van der Waals surface area (Å²) in [6.07, 6.45) is 4.35. The van der Waals surface area contributed by atoms with Gasteiger partial charge in [0, 0.05) is 40.5 Å². The maximum Gasteiger partial charge on any atom is 0.127 e. The molecule has 0 saturated carbocycles. The number of ether oxygens (including phenoxy) is 1. The Hall–Kier alpha value is -1.39. The lowest BCUT2D eigenvalue weighted by molar-refractivity contribution is 0.161. The highest BCUT2D eigenvalue weighted by Crippen LogP contribution is 2.40. The van der Waals surface area contributed by atoms with E-state index in [1.807, 2.05) is 36.5 Å². The number of halogens is 1. The van der Waals surface area contributed by atoms with Crippen LogP contribution in [0.1, 0.15) is 29.7 Å². The van der Waals surface area contributed by atoms with Crippen molar-refractivity contribution in [1.29, 1.82) is 0 Å². The van der Waals surface area contributed by atoms with E-state index in [9.17, 15) is 0 Å². The van der Waals surface area contributed by atoms with Crippen molar-refractivity contribution in [3.05, 3.63) is 58.3 Å². The molecule has 3 rings (SSSR count). The third-order valence-corrected chi connectivity index (χ3v) is 3.66. The molecule has 0 fully saturated rings. The third kappa shape index (κ3) is 2.13. The van der Waals surface area contributed by atoms with Gasteiger partial charge in [0.05, 0.1) is 0 Å². The van der Waals surface area contributed by atoms with Crippen LogP contribution in [0.3, 0.4) is 0 Å². The van der Waals surface area contributed by atoms with Crippen LogP contribution < -0.4 is 10.5 Å². The number of benzene rings is 1. The zero-order valence-corrected chi connectivity index (χ0v) is 11.3. The molecule has 4 heteroatoms. The van der Waals surface area contributed by atoms with Crippen LogP contribution in [0, 0.1) is 0 Å². The minimum atomic E-state index is -0.0181. The molecule has 3 nitrogen and oxygen atoms in total. The van der Waals surface area contributed by atoms with Crippen molar-refractivity contribution in [2.75, 3.05) is 0 Å². The van der Waals surface area contributed by atoms with Gasteiger partial charge in [-0.3, -0.25) is 4.98 Å². The number of aromatic nitrogens is 1. The van der Waals surface area contributed by atoms with Gasteiger partial charge in [-0.1, -0.05) is 28.1 Å². The van der Waals surface area contributed by atoms with E-state index in [2.05, 4.69) is 20.9 Å². The van der Waals surface area contributed by atoms with Gasteiger partial charge in [-0.15, -0.1) is 0 Å². The predicted octanol–water partition coefficient (Wildman–Crippen LogP) is 3.37. The van der Waals surface area contributed by atoms with Crippen LogP contribution in [-0.2, 0) is 0 Å². The molecule has 0 amide bonds. The molecule has 2 atom stereocenters. The molecule has 1 unspecified atom stereocenters. The van der Waals surface area contributed by atoms with Crippen molar-refractivity contribution in [3.63, 3.8) is 0 Å². The largest absolute Gasteiger partial charge is 0.485 e. The Morgan fingerprint density at radius 2 is 2.22 bits per heavy atom. The van der Waals surface area contributed by atoms with Gasteiger partial charge < -0.3 is 10.5 Å². The minimum absolute atomic E-state index is 0.00653. The highest BCUT2D eigenvalue weighted by Gasteiger charge is 2.27. The van der Waals surface area contributed by atoms with Crippen molar-refractivity contribution in [2.24, 2.45) is 5.73 Å². The average Bonchev–Trinajstić information content (AvgIpc) is 2.39. The minimum Gasteiger partial charge on any atom is -0.485 e. The van der Waals surface area contributed by atoms with Crippen LogP contribution in [0.4, 0.5) is 0 Å². The Morgan fingerprint density at radius 1 is 1.33 bits per heavy atom. The van der Waals surface area contributed by atoms with Gasteiger partial charge >= 0.3 is 0 Å². The summed E-state index contributed by atoms with van der Waals surface area (Å²) in [5, 5.41) is 0. The first kappa shape index (κ1) is 11.7. The lowest BCUT2D eigenvalue weighted by Crippen LogP contribution is -2.24. The lowest BCUT2D eigenvalue weighted by atomic mass is 9.94. The standard InChI is InChI=1S/C14H13BrN2O/c15-10-3-4-11-12(16)7-13(18-14(11)6-10)9-2-1-5-17-8-9/h1-6,8,12-13H,7,16H2/t12-,13?/m0/s1. The van der Waals surface area contributed by atoms with Crippen molar-refractivity contribution >= 4 is 15.9 Å². The van der Waals surface area contributed by atoms with Crippen LogP contribution in [0.5, 0.6) is 5.75 Å². The van der Waals surface area contributed by atoms with Crippen molar-refractivity contribution in [1.82, 2.24) is 4.98 Å². The highest BCUT2D eigenvalue weighted by molar-refractivity contribution is 9.10. The zero-order valence-electron chi connectivity index (χ0n) is 9.71. The quantitative estimate of drug-likeness (QED) is 0.879. The predicted molar refractivity (Wildman–Crippen MR) is 73.3 cm³/mol. The van der Waals surface area contributed by atoms with Crippen LogP contribution in [0.25, 0.3) is 0 Å². The Kier molecular flexibility index (Phi) is 3.06.